The van der Waals surface area contributed by atoms with E-state index in [1.54, 1.807) is 36.4 Å². The molecule has 0 unspecified atom stereocenters. The second-order valence-corrected chi connectivity index (χ2v) is 8.76. The van der Waals surface area contributed by atoms with Gasteiger partial charge in [-0.25, -0.2) is 4.79 Å². The maximum absolute atomic E-state index is 13.8. The van der Waals surface area contributed by atoms with Crippen molar-refractivity contribution in [3.05, 3.63) is 53.1 Å². The summed E-state index contributed by atoms with van der Waals surface area (Å²) in [6.07, 6.45) is 5.78. The summed E-state index contributed by atoms with van der Waals surface area (Å²) in [5.41, 5.74) is 2.48. The Hall–Kier alpha value is -3.26. The summed E-state index contributed by atoms with van der Waals surface area (Å²) in [6.45, 7) is 0. The molecule has 33 heavy (non-hydrogen) atoms. The van der Waals surface area contributed by atoms with Crippen LogP contribution in [0.2, 0.25) is 0 Å². The zero-order valence-electron chi connectivity index (χ0n) is 18.7. The Morgan fingerprint density at radius 3 is 2.33 bits per heavy atom. The number of nitrogens with zero attached hydrogens (tertiary/aromatic N) is 2. The minimum Gasteiger partial charge on any atom is -0.493 e. The third-order valence-electron chi connectivity index (χ3n) is 6.20. The third kappa shape index (κ3) is 4.90. The summed E-state index contributed by atoms with van der Waals surface area (Å²) in [6, 6.07) is 10.1. The molecular weight excluding hydrogens is 440 g/mol. The minimum atomic E-state index is -1.13. The van der Waals surface area contributed by atoms with Crippen LogP contribution in [-0.4, -0.2) is 39.8 Å². The largest absolute Gasteiger partial charge is 0.493 e. The number of carbonyl (C=O) groups excluding carboxylic acids is 1. The first kappa shape index (κ1) is 22.9. The highest BCUT2D eigenvalue weighted by Gasteiger charge is 2.27. The van der Waals surface area contributed by atoms with Gasteiger partial charge in [0.1, 0.15) is 11.0 Å². The van der Waals surface area contributed by atoms with Crippen molar-refractivity contribution in [2.45, 2.75) is 38.5 Å². The summed E-state index contributed by atoms with van der Waals surface area (Å²) in [5, 5.41) is 10.2. The molecule has 172 valence electrons. The van der Waals surface area contributed by atoms with E-state index in [4.69, 9.17) is 9.47 Å². The topological polar surface area (TPSA) is 98.6 Å². The van der Waals surface area contributed by atoms with E-state index in [0.717, 1.165) is 37.4 Å². The Bertz CT molecular complexity index is 1210. The van der Waals surface area contributed by atoms with E-state index < -0.39 is 5.97 Å². The number of carboxylic acids is 1. The second-order valence-electron chi connectivity index (χ2n) is 8.23. The smallest absolute Gasteiger partial charge is 0.336 e. The first-order valence-corrected chi connectivity index (χ1v) is 11.7. The second kappa shape index (κ2) is 10.1. The van der Waals surface area contributed by atoms with Crippen LogP contribution in [0.5, 0.6) is 11.5 Å². The summed E-state index contributed by atoms with van der Waals surface area (Å²) >= 11 is 1.07. The highest BCUT2D eigenvalue weighted by atomic mass is 32.1. The predicted octanol–water partition coefficient (Wildman–Crippen LogP) is 5.40. The van der Waals surface area contributed by atoms with E-state index in [9.17, 15) is 14.7 Å². The van der Waals surface area contributed by atoms with Gasteiger partial charge in [0.15, 0.2) is 17.3 Å². The lowest BCUT2D eigenvalue weighted by molar-refractivity contribution is -0.130. The standard InChI is InChI=1S/C25H26N2O5S/c1-31-21-11-9-17(14-22(21)32-2)24(28)18(12-15-6-4-3-5-7-15)23(25(29)30)16-8-10-19-20(13-16)27-33-26-19/h8-11,13-15H,3-7,12H2,1-2H3,(H,29,30)/b23-18+. The summed E-state index contributed by atoms with van der Waals surface area (Å²) in [5.74, 6) is -0.233. The number of Topliss-reactive ketones (excluding diaryl/α,β-unsaturated/α-hetero) is 1. The molecule has 1 aliphatic rings. The first-order valence-electron chi connectivity index (χ1n) is 11.0. The number of ether oxygens (including phenoxy) is 2. The lowest BCUT2D eigenvalue weighted by atomic mass is 9.80. The molecule has 7 nitrogen and oxygen atoms in total. The first-order chi connectivity index (χ1) is 16.0. The SMILES string of the molecule is COc1ccc(C(=O)/C(CC2CCCCC2)=C(/C(=O)O)c2ccc3nsnc3c2)cc1OC. The highest BCUT2D eigenvalue weighted by molar-refractivity contribution is 7.00. The van der Waals surface area contributed by atoms with Gasteiger partial charge in [-0.1, -0.05) is 38.2 Å². The van der Waals surface area contributed by atoms with Crippen LogP contribution in [0.1, 0.15) is 54.4 Å². The van der Waals surface area contributed by atoms with Gasteiger partial charge in [-0.2, -0.15) is 8.75 Å². The number of rotatable bonds is 8. The van der Waals surface area contributed by atoms with Crippen LogP contribution < -0.4 is 9.47 Å². The van der Waals surface area contributed by atoms with Gasteiger partial charge in [-0.3, -0.25) is 4.79 Å². The molecule has 1 saturated carbocycles. The number of fused-ring (bicyclic) bond motifs is 1. The zero-order valence-corrected chi connectivity index (χ0v) is 19.5. The number of allylic oxidation sites excluding steroid dienone is 1. The average Bonchev–Trinajstić information content (AvgIpc) is 3.31. The van der Waals surface area contributed by atoms with Gasteiger partial charge in [0.05, 0.1) is 31.5 Å². The molecule has 0 bridgehead atoms. The van der Waals surface area contributed by atoms with Crippen LogP contribution in [0, 0.1) is 5.92 Å². The Morgan fingerprint density at radius 1 is 0.939 bits per heavy atom. The maximum atomic E-state index is 13.8. The van der Waals surface area contributed by atoms with Crippen molar-refractivity contribution < 1.29 is 24.2 Å². The third-order valence-corrected chi connectivity index (χ3v) is 6.75. The van der Waals surface area contributed by atoms with Crippen LogP contribution in [0.25, 0.3) is 16.6 Å². The lowest BCUT2D eigenvalue weighted by Crippen LogP contribution is -2.17. The van der Waals surface area contributed by atoms with E-state index in [2.05, 4.69) is 8.75 Å². The van der Waals surface area contributed by atoms with Crippen molar-refractivity contribution in [3.8, 4) is 11.5 Å². The molecule has 0 spiro atoms. The molecule has 8 heteroatoms. The monoisotopic (exact) mass is 466 g/mol. The number of carbonyl (C=O) groups is 2. The summed E-state index contributed by atoms with van der Waals surface area (Å²) in [4.78, 5) is 26.3. The quantitative estimate of drug-likeness (QED) is 0.350. The van der Waals surface area contributed by atoms with E-state index in [1.165, 1.54) is 20.6 Å². The number of hydrogen-bond donors (Lipinski definition) is 1. The Morgan fingerprint density at radius 2 is 1.64 bits per heavy atom. The summed E-state index contributed by atoms with van der Waals surface area (Å²) in [7, 11) is 3.03. The maximum Gasteiger partial charge on any atom is 0.336 e. The molecule has 0 radical (unpaired) electrons. The van der Waals surface area contributed by atoms with Gasteiger partial charge in [0.2, 0.25) is 0 Å². The number of hydrogen-bond acceptors (Lipinski definition) is 7. The Labute approximate surface area is 196 Å². The van der Waals surface area contributed by atoms with Crippen molar-refractivity contribution in [2.75, 3.05) is 14.2 Å². The van der Waals surface area contributed by atoms with E-state index >= 15 is 0 Å². The van der Waals surface area contributed by atoms with Gasteiger partial charge >= 0.3 is 5.97 Å². The van der Waals surface area contributed by atoms with Crippen LogP contribution in [0.15, 0.2) is 42.0 Å². The van der Waals surface area contributed by atoms with E-state index in [-0.39, 0.29) is 17.3 Å². The molecule has 0 aliphatic heterocycles. The number of aromatic nitrogens is 2. The molecule has 2 aromatic carbocycles. The zero-order chi connectivity index (χ0) is 23.4. The predicted molar refractivity (Wildman–Crippen MR) is 127 cm³/mol. The fourth-order valence-electron chi connectivity index (χ4n) is 4.50. The fraction of sp³-hybridized carbons (Fsp3) is 0.360. The molecule has 1 aromatic heterocycles. The molecule has 1 aliphatic carbocycles. The van der Waals surface area contributed by atoms with Crippen molar-refractivity contribution in [3.63, 3.8) is 0 Å². The number of carboxylic acid groups (broad SMARTS) is 1. The van der Waals surface area contributed by atoms with Gasteiger partial charge in [0, 0.05) is 11.1 Å². The van der Waals surface area contributed by atoms with Crippen LogP contribution in [-0.2, 0) is 4.79 Å². The average molecular weight is 467 g/mol. The van der Waals surface area contributed by atoms with Crippen LogP contribution in [0.3, 0.4) is 0 Å². The van der Waals surface area contributed by atoms with Crippen LogP contribution in [0.4, 0.5) is 0 Å². The Balaban J connectivity index is 1.85. The summed E-state index contributed by atoms with van der Waals surface area (Å²) < 4.78 is 19.1. The molecule has 3 aromatic rings. The van der Waals surface area contributed by atoms with E-state index in [0.29, 0.717) is 45.7 Å². The molecule has 0 atom stereocenters. The molecule has 1 heterocycles. The Kier molecular flexibility index (Phi) is 7.03. The normalized spacial score (nSPS) is 15.2. The van der Waals surface area contributed by atoms with E-state index in [1.807, 2.05) is 0 Å². The number of aliphatic carboxylic acids is 1. The number of benzene rings is 2. The van der Waals surface area contributed by atoms with Gasteiger partial charge in [-0.05, 0) is 48.2 Å². The minimum absolute atomic E-state index is 0.0234. The van der Waals surface area contributed by atoms with Crippen LogP contribution >= 0.6 is 11.7 Å². The number of ketones is 1. The molecule has 4 rings (SSSR count). The van der Waals surface area contributed by atoms with Crippen molar-refractivity contribution >= 4 is 40.1 Å². The molecule has 1 fully saturated rings. The number of methoxy groups -OCH3 is 2. The van der Waals surface area contributed by atoms with Gasteiger partial charge in [0.25, 0.3) is 0 Å². The van der Waals surface area contributed by atoms with Gasteiger partial charge in [-0.15, -0.1) is 0 Å². The van der Waals surface area contributed by atoms with Gasteiger partial charge < -0.3 is 14.6 Å². The molecule has 0 saturated heterocycles. The fourth-order valence-corrected chi connectivity index (χ4v) is 5.02. The van der Waals surface area contributed by atoms with Crippen molar-refractivity contribution in [1.29, 1.82) is 0 Å². The molecule has 0 amide bonds. The molecular formula is C25H26N2O5S. The van der Waals surface area contributed by atoms with Crippen molar-refractivity contribution in [2.24, 2.45) is 5.92 Å². The lowest BCUT2D eigenvalue weighted by Gasteiger charge is -2.23. The van der Waals surface area contributed by atoms with Crippen molar-refractivity contribution in [1.82, 2.24) is 8.75 Å². The highest BCUT2D eigenvalue weighted by Crippen LogP contribution is 2.36. The molecule has 1 N–H and O–H groups in total.